The van der Waals surface area contributed by atoms with E-state index in [2.05, 4.69) is 10.5 Å². The molecule has 7 heteroatoms. The van der Waals surface area contributed by atoms with Crippen molar-refractivity contribution < 1.29 is 20.1 Å². The first-order valence-electron chi connectivity index (χ1n) is 4.75. The average molecular weight is 220 g/mol. The number of aliphatic hydroxyl groups is 3. The van der Waals surface area contributed by atoms with Crippen molar-refractivity contribution in [3.05, 3.63) is 4.91 Å². The molecule has 1 aliphatic heterocycles. The molecule has 5 atom stereocenters. The van der Waals surface area contributed by atoms with Gasteiger partial charge in [0.25, 0.3) is 0 Å². The van der Waals surface area contributed by atoms with Crippen LogP contribution >= 0.6 is 0 Å². The highest BCUT2D eigenvalue weighted by atomic mass is 16.5. The summed E-state index contributed by atoms with van der Waals surface area (Å²) in [6.45, 7) is -0.0965. The largest absolute Gasteiger partial charge is 0.394 e. The van der Waals surface area contributed by atoms with Crippen molar-refractivity contribution in [3.8, 4) is 0 Å². The maximum absolute atomic E-state index is 10.4. The highest BCUT2D eigenvalue weighted by Gasteiger charge is 2.44. The first-order valence-corrected chi connectivity index (χ1v) is 4.75. The van der Waals surface area contributed by atoms with Gasteiger partial charge in [-0.3, -0.25) is 0 Å². The zero-order valence-corrected chi connectivity index (χ0v) is 8.41. The lowest BCUT2D eigenvalue weighted by atomic mass is 9.93. The first-order chi connectivity index (χ1) is 7.15. The Morgan fingerprint density at radius 2 is 2.00 bits per heavy atom. The summed E-state index contributed by atoms with van der Waals surface area (Å²) in [5.41, 5.74) is 0. The fourth-order valence-corrected chi connectivity index (χ4v) is 1.68. The van der Waals surface area contributed by atoms with E-state index in [9.17, 15) is 15.1 Å². The molecule has 0 aliphatic carbocycles. The Hall–Kier alpha value is -0.600. The van der Waals surface area contributed by atoms with E-state index in [-0.39, 0.29) is 0 Å². The van der Waals surface area contributed by atoms with Crippen molar-refractivity contribution in [1.82, 2.24) is 5.32 Å². The van der Waals surface area contributed by atoms with Crippen molar-refractivity contribution in [2.75, 3.05) is 20.2 Å². The predicted molar refractivity (Wildman–Crippen MR) is 51.3 cm³/mol. The normalized spacial score (nSPS) is 41.5. The average Bonchev–Trinajstić information content (AvgIpc) is 2.24. The highest BCUT2D eigenvalue weighted by molar-refractivity contribution is 4.96. The molecule has 15 heavy (non-hydrogen) atoms. The minimum Gasteiger partial charge on any atom is -0.394 e. The minimum atomic E-state index is -1.30. The molecule has 1 aliphatic rings. The topological polar surface area (TPSA) is 111 Å². The van der Waals surface area contributed by atoms with Crippen LogP contribution in [0.1, 0.15) is 0 Å². The number of aliphatic hydroxyl groups excluding tert-OH is 3. The van der Waals surface area contributed by atoms with E-state index >= 15 is 0 Å². The summed E-state index contributed by atoms with van der Waals surface area (Å²) in [6, 6.07) is -1.13. The van der Waals surface area contributed by atoms with Crippen LogP contribution in [0.5, 0.6) is 0 Å². The molecule has 0 saturated carbocycles. The molecule has 3 unspecified atom stereocenters. The van der Waals surface area contributed by atoms with E-state index in [4.69, 9.17) is 9.84 Å². The Morgan fingerprint density at radius 1 is 1.33 bits per heavy atom. The lowest BCUT2D eigenvalue weighted by Crippen LogP contribution is -2.59. The van der Waals surface area contributed by atoms with Crippen LogP contribution in [-0.4, -0.2) is 66.0 Å². The molecule has 1 heterocycles. The first kappa shape index (κ1) is 12.5. The van der Waals surface area contributed by atoms with Gasteiger partial charge < -0.3 is 25.4 Å². The number of nitrogens with one attached hydrogen (secondary N) is 1. The number of nitrogens with zero attached hydrogens (tertiary/aromatic N) is 1. The molecular formula is C8H16N2O5. The summed E-state index contributed by atoms with van der Waals surface area (Å²) in [5, 5.41) is 33.5. The third-order valence-corrected chi connectivity index (χ3v) is 2.52. The second kappa shape index (κ2) is 5.47. The van der Waals surface area contributed by atoms with Crippen LogP contribution in [0, 0.1) is 4.91 Å². The van der Waals surface area contributed by atoms with Crippen LogP contribution in [-0.2, 0) is 4.74 Å². The number of rotatable bonds is 4. The molecule has 1 rings (SSSR count). The number of hydrogen-bond acceptors (Lipinski definition) is 7. The number of ether oxygens (including phenoxy) is 1. The van der Waals surface area contributed by atoms with Gasteiger partial charge in [-0.2, -0.15) is 4.91 Å². The maximum atomic E-state index is 10.4. The monoisotopic (exact) mass is 220 g/mol. The Kier molecular flexibility index (Phi) is 4.55. The lowest BCUT2D eigenvalue weighted by Gasteiger charge is -2.39. The van der Waals surface area contributed by atoms with Crippen LogP contribution in [0.4, 0.5) is 0 Å². The van der Waals surface area contributed by atoms with Crippen molar-refractivity contribution >= 4 is 0 Å². The fraction of sp³-hybridized carbons (Fsp3) is 1.00. The quantitative estimate of drug-likeness (QED) is 0.401. The Bertz CT molecular complexity index is 213. The zero-order valence-electron chi connectivity index (χ0n) is 8.41. The minimum absolute atomic E-state index is 0.320. The summed E-state index contributed by atoms with van der Waals surface area (Å²) in [5.74, 6) is 0. The van der Waals surface area contributed by atoms with E-state index < -0.39 is 37.1 Å². The SMILES string of the molecule is CNCC1OC(CO)[C@@H](N=O)C(O)[C@@H]1O. The van der Waals surface area contributed by atoms with Crippen molar-refractivity contribution in [3.63, 3.8) is 0 Å². The van der Waals surface area contributed by atoms with Gasteiger partial charge in [0, 0.05) is 6.54 Å². The van der Waals surface area contributed by atoms with Crippen LogP contribution < -0.4 is 5.32 Å². The molecular weight excluding hydrogens is 204 g/mol. The van der Waals surface area contributed by atoms with Crippen LogP contribution in [0.25, 0.3) is 0 Å². The lowest BCUT2D eigenvalue weighted by molar-refractivity contribution is -0.184. The van der Waals surface area contributed by atoms with Gasteiger partial charge in [-0.05, 0) is 7.05 Å². The van der Waals surface area contributed by atoms with Crippen molar-refractivity contribution in [2.45, 2.75) is 30.5 Å². The van der Waals surface area contributed by atoms with E-state index in [1.165, 1.54) is 0 Å². The van der Waals surface area contributed by atoms with Gasteiger partial charge >= 0.3 is 0 Å². The number of likely N-dealkylation sites (N-methyl/N-ethyl adjacent to an activating group) is 1. The molecule has 0 amide bonds. The van der Waals surface area contributed by atoms with E-state index in [0.29, 0.717) is 6.54 Å². The molecule has 0 aromatic carbocycles. The summed E-state index contributed by atoms with van der Waals surface area (Å²) in [4.78, 5) is 10.4. The molecule has 7 nitrogen and oxygen atoms in total. The fourth-order valence-electron chi connectivity index (χ4n) is 1.68. The van der Waals surface area contributed by atoms with E-state index in [0.717, 1.165) is 0 Å². The van der Waals surface area contributed by atoms with Crippen molar-refractivity contribution in [2.24, 2.45) is 5.18 Å². The van der Waals surface area contributed by atoms with E-state index in [1.807, 2.05) is 0 Å². The Labute approximate surface area is 87.0 Å². The third-order valence-electron chi connectivity index (χ3n) is 2.52. The zero-order chi connectivity index (χ0) is 11.4. The Morgan fingerprint density at radius 3 is 2.47 bits per heavy atom. The Balaban J connectivity index is 2.72. The highest BCUT2D eigenvalue weighted by Crippen LogP contribution is 2.22. The molecule has 0 radical (unpaired) electrons. The van der Waals surface area contributed by atoms with Crippen molar-refractivity contribution in [1.29, 1.82) is 0 Å². The molecule has 88 valence electrons. The van der Waals surface area contributed by atoms with Gasteiger partial charge in [0.1, 0.15) is 24.4 Å². The van der Waals surface area contributed by atoms with Gasteiger partial charge in [0.2, 0.25) is 0 Å². The van der Waals surface area contributed by atoms with Crippen LogP contribution in [0.3, 0.4) is 0 Å². The molecule has 0 bridgehead atoms. The van der Waals surface area contributed by atoms with Crippen LogP contribution in [0.15, 0.2) is 5.18 Å². The number of nitroso groups, excluding NO2 is 1. The molecule has 1 saturated heterocycles. The second-order valence-electron chi connectivity index (χ2n) is 3.53. The summed E-state index contributed by atoms with van der Waals surface area (Å²) < 4.78 is 5.25. The van der Waals surface area contributed by atoms with Gasteiger partial charge in [-0.15, -0.1) is 0 Å². The van der Waals surface area contributed by atoms with E-state index in [1.54, 1.807) is 7.05 Å². The predicted octanol–water partition coefficient (Wildman–Crippen LogP) is -2.18. The van der Waals surface area contributed by atoms with Crippen LogP contribution in [0.2, 0.25) is 0 Å². The number of hydrogen-bond donors (Lipinski definition) is 4. The summed E-state index contributed by atoms with van der Waals surface area (Å²) in [7, 11) is 1.67. The van der Waals surface area contributed by atoms with Gasteiger partial charge in [0.05, 0.1) is 12.7 Å². The molecule has 4 N–H and O–H groups in total. The third kappa shape index (κ3) is 2.50. The van der Waals surface area contributed by atoms with Gasteiger partial charge in [-0.25, -0.2) is 0 Å². The summed E-state index contributed by atoms with van der Waals surface area (Å²) in [6.07, 6.45) is -3.99. The standard InChI is InChI=1S/C8H16N2O5/c1-9-2-4-7(12)8(13)6(10-14)5(3-11)15-4/h4-9,11-13H,2-3H2,1H3/t4?,5?,6-,7-,8?/m1/s1. The smallest absolute Gasteiger partial charge is 0.149 e. The molecule has 0 aromatic heterocycles. The molecule has 0 spiro atoms. The maximum Gasteiger partial charge on any atom is 0.149 e. The molecule has 0 aromatic rings. The summed E-state index contributed by atoms with van der Waals surface area (Å²) >= 11 is 0. The van der Waals surface area contributed by atoms with Gasteiger partial charge in [0.15, 0.2) is 0 Å². The van der Waals surface area contributed by atoms with Gasteiger partial charge in [-0.1, -0.05) is 5.18 Å². The molecule has 1 fully saturated rings. The second-order valence-corrected chi connectivity index (χ2v) is 3.53.